The fourth-order valence-electron chi connectivity index (χ4n) is 4.58. The number of hydrogen-bond donors (Lipinski definition) is 2. The first-order valence-corrected chi connectivity index (χ1v) is 13.4. The van der Waals surface area contributed by atoms with E-state index < -0.39 is 10.0 Å². The summed E-state index contributed by atoms with van der Waals surface area (Å²) < 4.78 is 43.4. The van der Waals surface area contributed by atoms with E-state index in [9.17, 15) is 8.42 Å². The largest absolute Gasteiger partial charge is 1.00 e. The van der Waals surface area contributed by atoms with Crippen molar-refractivity contribution in [1.82, 2.24) is 25.1 Å². The second-order valence-electron chi connectivity index (χ2n) is 9.09. The van der Waals surface area contributed by atoms with Gasteiger partial charge < -0.3 is 13.9 Å². The van der Waals surface area contributed by atoms with Gasteiger partial charge in [-0.2, -0.15) is 5.10 Å². The van der Waals surface area contributed by atoms with E-state index >= 15 is 0 Å². The molecule has 0 saturated carbocycles. The molecule has 2 N–H and O–H groups in total. The Hall–Kier alpha value is -2.48. The first kappa shape index (κ1) is 27.6. The van der Waals surface area contributed by atoms with Gasteiger partial charge in [0.1, 0.15) is 11.4 Å². The van der Waals surface area contributed by atoms with Crippen molar-refractivity contribution < 1.29 is 51.9 Å². The maximum Gasteiger partial charge on any atom is 1.00 e. The maximum atomic E-state index is 11.8. The Morgan fingerprint density at radius 1 is 1.11 bits per heavy atom. The molecule has 0 radical (unpaired) electrons. The Morgan fingerprint density at radius 3 is 2.57 bits per heavy atom. The first-order valence-electron chi connectivity index (χ1n) is 11.5. The molecule has 2 atom stereocenters. The van der Waals surface area contributed by atoms with Crippen LogP contribution in [-0.4, -0.2) is 72.1 Å². The van der Waals surface area contributed by atoms with Crippen LogP contribution in [0.2, 0.25) is 0 Å². The Morgan fingerprint density at radius 2 is 1.86 bits per heavy atom. The smallest absolute Gasteiger partial charge is 0.480 e. The second-order valence-corrected chi connectivity index (χ2v) is 10.8. The van der Waals surface area contributed by atoms with Gasteiger partial charge in [-0.1, -0.05) is 0 Å². The average molecular weight is 536 g/mol. The molecule has 13 heteroatoms. The van der Waals surface area contributed by atoms with E-state index in [0.29, 0.717) is 18.0 Å². The number of rotatable bonds is 7. The molecule has 1 aliphatic rings. The SMILES string of the molecule is COc1ncc(-c2cc(-c3ncc(CN4C[C@@H](C)O[C@@H](C)C4)o3)c3cn[nH]c3c2)cc1NS(C)(=O)=O.[Na+]. The quantitative estimate of drug-likeness (QED) is 0.320. The molecule has 4 heterocycles. The van der Waals surface area contributed by atoms with Crippen LogP contribution in [0.4, 0.5) is 5.69 Å². The van der Waals surface area contributed by atoms with E-state index in [4.69, 9.17) is 13.9 Å². The summed E-state index contributed by atoms with van der Waals surface area (Å²) in [5.74, 6) is 1.42. The maximum absolute atomic E-state index is 11.8. The second kappa shape index (κ2) is 11.1. The summed E-state index contributed by atoms with van der Waals surface area (Å²) in [6, 6.07) is 5.52. The molecular weight excluding hydrogens is 507 g/mol. The number of anilines is 1. The summed E-state index contributed by atoms with van der Waals surface area (Å²) in [7, 11) is -2.09. The molecule has 4 aromatic rings. The number of aromatic amines is 1. The number of morpholine rings is 1. The van der Waals surface area contributed by atoms with Crippen LogP contribution in [0.3, 0.4) is 0 Å². The molecule has 0 spiro atoms. The van der Waals surface area contributed by atoms with Gasteiger partial charge in [0.15, 0.2) is 0 Å². The summed E-state index contributed by atoms with van der Waals surface area (Å²) in [5, 5.41) is 8.05. The molecule has 11 nitrogen and oxygen atoms in total. The van der Waals surface area contributed by atoms with E-state index in [1.54, 1.807) is 24.7 Å². The number of nitrogens with one attached hydrogen (secondary N) is 2. The summed E-state index contributed by atoms with van der Waals surface area (Å²) in [6.45, 7) is 6.44. The van der Waals surface area contributed by atoms with Crippen molar-refractivity contribution in [1.29, 1.82) is 0 Å². The van der Waals surface area contributed by atoms with Gasteiger partial charge in [0.2, 0.25) is 21.8 Å². The van der Waals surface area contributed by atoms with Crippen molar-refractivity contribution in [3.05, 3.63) is 42.5 Å². The first-order chi connectivity index (χ1) is 17.2. The third-order valence-electron chi connectivity index (χ3n) is 5.89. The third-order valence-corrected chi connectivity index (χ3v) is 6.48. The van der Waals surface area contributed by atoms with Crippen LogP contribution in [0.1, 0.15) is 19.6 Å². The molecular formula is C24H28N6NaO5S+. The van der Waals surface area contributed by atoms with Gasteiger partial charge in [-0.25, -0.2) is 18.4 Å². The zero-order valence-corrected chi connectivity index (χ0v) is 24.3. The number of pyridine rings is 1. The van der Waals surface area contributed by atoms with Crippen molar-refractivity contribution >= 4 is 26.6 Å². The molecule has 0 aliphatic carbocycles. The molecule has 190 valence electrons. The van der Waals surface area contributed by atoms with Crippen molar-refractivity contribution in [2.45, 2.75) is 32.6 Å². The van der Waals surface area contributed by atoms with Gasteiger partial charge in [0.05, 0.1) is 50.0 Å². The van der Waals surface area contributed by atoms with Crippen LogP contribution in [0.15, 0.2) is 41.2 Å². The number of nitrogens with zero attached hydrogens (tertiary/aromatic N) is 4. The molecule has 0 bridgehead atoms. The molecule has 5 rings (SSSR count). The van der Waals surface area contributed by atoms with Gasteiger partial charge in [-0.15, -0.1) is 0 Å². The summed E-state index contributed by atoms with van der Waals surface area (Å²) >= 11 is 0. The fourth-order valence-corrected chi connectivity index (χ4v) is 5.13. The van der Waals surface area contributed by atoms with Crippen LogP contribution in [0.5, 0.6) is 5.88 Å². The molecule has 0 unspecified atom stereocenters. The zero-order valence-electron chi connectivity index (χ0n) is 21.5. The molecule has 37 heavy (non-hydrogen) atoms. The van der Waals surface area contributed by atoms with Crippen LogP contribution in [0.25, 0.3) is 33.5 Å². The third kappa shape index (κ3) is 6.33. The Kier molecular flexibility index (Phi) is 8.26. The number of fused-ring (bicyclic) bond motifs is 1. The zero-order chi connectivity index (χ0) is 25.4. The molecule has 1 saturated heterocycles. The number of benzene rings is 1. The van der Waals surface area contributed by atoms with Crippen LogP contribution >= 0.6 is 0 Å². The van der Waals surface area contributed by atoms with Gasteiger partial charge in [0.25, 0.3) is 0 Å². The van der Waals surface area contributed by atoms with Gasteiger partial charge in [-0.05, 0) is 37.6 Å². The van der Waals surface area contributed by atoms with E-state index in [1.807, 2.05) is 12.1 Å². The number of sulfonamides is 1. The Labute approximate surface area is 237 Å². The van der Waals surface area contributed by atoms with Crippen molar-refractivity contribution in [2.24, 2.45) is 0 Å². The summed E-state index contributed by atoms with van der Waals surface area (Å²) in [5.41, 5.74) is 3.26. The molecule has 1 aliphatic heterocycles. The van der Waals surface area contributed by atoms with Crippen molar-refractivity contribution in [3.63, 3.8) is 0 Å². The summed E-state index contributed by atoms with van der Waals surface area (Å²) in [4.78, 5) is 11.1. The molecule has 1 aromatic carbocycles. The number of methoxy groups -OCH3 is 1. The van der Waals surface area contributed by atoms with Gasteiger partial charge in [0, 0.05) is 35.8 Å². The van der Waals surface area contributed by atoms with Crippen LogP contribution in [-0.2, 0) is 21.3 Å². The van der Waals surface area contributed by atoms with Gasteiger partial charge >= 0.3 is 29.6 Å². The number of aromatic nitrogens is 4. The van der Waals surface area contributed by atoms with Gasteiger partial charge in [-0.3, -0.25) is 14.7 Å². The number of ether oxygens (including phenoxy) is 2. The monoisotopic (exact) mass is 535 g/mol. The molecule has 3 aromatic heterocycles. The van der Waals surface area contributed by atoms with E-state index in [1.165, 1.54) is 7.11 Å². The predicted molar refractivity (Wildman–Crippen MR) is 135 cm³/mol. The van der Waals surface area contributed by atoms with E-state index in [2.05, 4.69) is 43.6 Å². The van der Waals surface area contributed by atoms with Crippen LogP contribution < -0.4 is 39.0 Å². The molecule has 1 fully saturated rings. The predicted octanol–water partition coefficient (Wildman–Crippen LogP) is 0.273. The minimum absolute atomic E-state index is 0. The Bertz CT molecular complexity index is 1490. The van der Waals surface area contributed by atoms with Crippen molar-refractivity contribution in [3.8, 4) is 28.5 Å². The van der Waals surface area contributed by atoms with Crippen molar-refractivity contribution in [2.75, 3.05) is 31.2 Å². The average Bonchev–Trinajstić information content (AvgIpc) is 3.46. The number of hydrogen-bond acceptors (Lipinski definition) is 9. The number of H-pyrrole nitrogens is 1. The van der Waals surface area contributed by atoms with Crippen LogP contribution in [0, 0.1) is 0 Å². The summed E-state index contributed by atoms with van der Waals surface area (Å²) in [6.07, 6.45) is 6.51. The normalized spacial score (nSPS) is 18.5. The fraction of sp³-hybridized carbons (Fsp3) is 0.375. The van der Waals surface area contributed by atoms with E-state index in [0.717, 1.165) is 47.1 Å². The van der Waals surface area contributed by atoms with E-state index in [-0.39, 0.29) is 53.3 Å². The minimum Gasteiger partial charge on any atom is -0.480 e. The Balaban J connectivity index is 0.00000320. The molecule has 0 amide bonds. The minimum atomic E-state index is -3.53. The number of oxazole rings is 1. The topological polar surface area (TPSA) is 135 Å². The standard InChI is InChI=1S/C24H28N6O5S.Na/c1-14-11-30(12-15(2)34-14)13-18-9-26-23(35-18)19-5-16(6-21-20(19)10-27-28-21)17-7-22(29-36(4,31)32)24(33-3)25-8-17;/h5-10,14-15,29H,11-13H2,1-4H3,(H,27,28);/q;+1/t14-,15+;.